The first-order chi connectivity index (χ1) is 2.89. The average Bonchev–Trinajstić information content (AvgIpc) is 1.86. The average molecular weight is 86.1 g/mol. The monoisotopic (exact) mass is 86.0 g/mol. The molecule has 1 atom stereocenters. The van der Waals surface area contributed by atoms with Crippen LogP contribution in [0.2, 0.25) is 0 Å². The van der Waals surface area contributed by atoms with Gasteiger partial charge in [-0.2, -0.15) is 5.11 Å². The molecule has 0 saturated carbocycles. The Morgan fingerprint density at radius 1 is 2.00 bits per heavy atom. The fraction of sp³-hybridized carbons (Fsp3) is 0.667. The van der Waals surface area contributed by atoms with Crippen LogP contribution in [0.25, 0.3) is 0 Å². The molecule has 0 saturated heterocycles. The fourth-order valence-electron chi connectivity index (χ4n) is 0.283. The van der Waals surface area contributed by atoms with Crippen LogP contribution in [0.5, 0.6) is 0 Å². The molecule has 0 aromatic rings. The summed E-state index contributed by atoms with van der Waals surface area (Å²) < 4.78 is 0. The number of hydrogen-bond acceptors (Lipinski definition) is 2. The Labute approximate surface area is 35.2 Å². The van der Waals surface area contributed by atoms with Gasteiger partial charge in [0.1, 0.15) is 0 Å². The normalized spacial score (nSPS) is 30.5. The van der Waals surface area contributed by atoms with Crippen LogP contribution < -0.4 is 0 Å². The molecule has 1 unspecified atom stereocenters. The summed E-state index contributed by atoms with van der Waals surface area (Å²) in [6.45, 7) is 0. The fourth-order valence-corrected chi connectivity index (χ4v) is 0.283. The van der Waals surface area contributed by atoms with Gasteiger partial charge in [-0.25, -0.2) is 0 Å². The van der Waals surface area contributed by atoms with Crippen molar-refractivity contribution in [2.24, 2.45) is 5.16 Å². The van der Waals surface area contributed by atoms with Crippen molar-refractivity contribution in [2.45, 2.75) is 12.7 Å². The maximum Gasteiger partial charge on any atom is 0.262 e. The van der Waals surface area contributed by atoms with Crippen LogP contribution in [0.1, 0.15) is 6.42 Å². The lowest BCUT2D eigenvalue weighted by molar-refractivity contribution is -0.119. The molecule has 0 amide bonds. The molecule has 33 valence electrons. The van der Waals surface area contributed by atoms with Gasteiger partial charge < -0.3 is 4.84 Å². The molecule has 0 aromatic heterocycles. The van der Waals surface area contributed by atoms with Crippen molar-refractivity contribution in [3.63, 3.8) is 0 Å². The molecule has 1 radical (unpaired) electrons. The van der Waals surface area contributed by atoms with Crippen LogP contribution in [-0.4, -0.2) is 12.5 Å². The second-order valence-corrected chi connectivity index (χ2v) is 1.06. The van der Waals surface area contributed by atoms with Gasteiger partial charge >= 0.3 is 0 Å². The van der Waals surface area contributed by atoms with Crippen LogP contribution >= 0.6 is 0 Å². The quantitative estimate of drug-likeness (QED) is 0.413. The predicted octanol–water partition coefficient (Wildman–Crippen LogP) is 0.149. The van der Waals surface area contributed by atoms with Crippen LogP contribution in [0.3, 0.4) is 0 Å². The maximum atomic E-state index is 9.98. The van der Waals surface area contributed by atoms with Gasteiger partial charge in [-0.1, -0.05) is 5.16 Å². The van der Waals surface area contributed by atoms with E-state index < -0.39 is 6.29 Å². The minimum Gasteiger partial charge on any atom is -0.361 e. The first-order valence-corrected chi connectivity index (χ1v) is 1.73. The zero-order valence-electron chi connectivity index (χ0n) is 3.13. The Hall–Kier alpha value is -0.570. The summed E-state index contributed by atoms with van der Waals surface area (Å²) in [5.74, 6) is 0. The van der Waals surface area contributed by atoms with E-state index in [4.69, 9.17) is 0 Å². The zero-order chi connectivity index (χ0) is 4.41. The van der Waals surface area contributed by atoms with Gasteiger partial charge in [0.05, 0.1) is 12.6 Å². The van der Waals surface area contributed by atoms with Gasteiger partial charge in [0, 0.05) is 0 Å². The Morgan fingerprint density at radius 2 is 2.83 bits per heavy atom. The van der Waals surface area contributed by atoms with E-state index in [1.807, 2.05) is 0 Å². The van der Waals surface area contributed by atoms with E-state index in [0.29, 0.717) is 6.42 Å². The van der Waals surface area contributed by atoms with Gasteiger partial charge in [-0.05, 0) is 0 Å². The van der Waals surface area contributed by atoms with Crippen molar-refractivity contribution in [3.8, 4) is 0 Å². The third-order valence-electron chi connectivity index (χ3n) is 0.551. The predicted molar refractivity (Wildman–Crippen MR) is 18.7 cm³/mol. The van der Waals surface area contributed by atoms with Gasteiger partial charge in [0.25, 0.3) is 6.29 Å². The highest BCUT2D eigenvalue weighted by Gasteiger charge is 2.07. The van der Waals surface area contributed by atoms with Gasteiger partial charge in [0.2, 0.25) is 0 Å². The molecular weight excluding hydrogens is 82.0 g/mol. The van der Waals surface area contributed by atoms with Crippen LogP contribution in [0.4, 0.5) is 0 Å². The first-order valence-electron chi connectivity index (χ1n) is 1.73. The number of rotatable bonds is 0. The first kappa shape index (κ1) is 3.61. The van der Waals surface area contributed by atoms with Crippen LogP contribution in [0, 0.1) is 0 Å². The zero-order valence-corrected chi connectivity index (χ0v) is 3.13. The Morgan fingerprint density at radius 3 is 3.00 bits per heavy atom. The van der Waals surface area contributed by atoms with Gasteiger partial charge in [0.15, 0.2) is 0 Å². The largest absolute Gasteiger partial charge is 0.361 e. The van der Waals surface area contributed by atoms with Gasteiger partial charge in [-0.3, -0.25) is 0 Å². The van der Waals surface area contributed by atoms with Crippen molar-refractivity contribution < 1.29 is 9.94 Å². The SMILES string of the molecule is [O]C1CC=NO1. The van der Waals surface area contributed by atoms with E-state index in [-0.39, 0.29) is 0 Å². The van der Waals surface area contributed by atoms with E-state index in [1.54, 1.807) is 0 Å². The van der Waals surface area contributed by atoms with Crippen molar-refractivity contribution in [1.82, 2.24) is 0 Å². The summed E-state index contributed by atoms with van der Waals surface area (Å²) in [6, 6.07) is 0. The molecule has 1 heterocycles. The standard InChI is InChI=1S/C3H4NO2/c5-3-1-2-4-6-3/h2-3H,1H2. The molecule has 0 aliphatic carbocycles. The third kappa shape index (κ3) is 0.490. The Balaban J connectivity index is 2.32. The summed E-state index contributed by atoms with van der Waals surface area (Å²) in [7, 11) is 0. The molecule has 3 nitrogen and oxygen atoms in total. The van der Waals surface area contributed by atoms with Crippen molar-refractivity contribution in [3.05, 3.63) is 0 Å². The van der Waals surface area contributed by atoms with E-state index >= 15 is 0 Å². The van der Waals surface area contributed by atoms with E-state index in [1.165, 1.54) is 6.21 Å². The smallest absolute Gasteiger partial charge is 0.262 e. The molecule has 0 fully saturated rings. The molecule has 1 aliphatic rings. The summed E-state index contributed by atoms with van der Waals surface area (Å²) in [4.78, 5) is 4.17. The molecular formula is C3H4NO2. The molecule has 6 heavy (non-hydrogen) atoms. The van der Waals surface area contributed by atoms with Gasteiger partial charge in [-0.15, -0.1) is 0 Å². The second-order valence-electron chi connectivity index (χ2n) is 1.06. The minimum absolute atomic E-state index is 0.417. The molecule has 1 aliphatic heterocycles. The molecule has 1 rings (SSSR count). The molecule has 0 aromatic carbocycles. The molecule has 3 heteroatoms. The highest BCUT2D eigenvalue weighted by atomic mass is 16.7. The topological polar surface area (TPSA) is 41.5 Å². The number of nitrogens with zero attached hydrogens (tertiary/aromatic N) is 1. The highest BCUT2D eigenvalue weighted by molar-refractivity contribution is 5.57. The minimum atomic E-state index is -0.926. The van der Waals surface area contributed by atoms with Crippen molar-refractivity contribution in [2.75, 3.05) is 0 Å². The van der Waals surface area contributed by atoms with E-state index in [9.17, 15) is 5.11 Å². The third-order valence-corrected chi connectivity index (χ3v) is 0.551. The molecule has 0 bridgehead atoms. The summed E-state index contributed by atoms with van der Waals surface area (Å²) >= 11 is 0. The summed E-state index contributed by atoms with van der Waals surface area (Å²) in [6.07, 6.45) is 0.961. The van der Waals surface area contributed by atoms with Crippen molar-refractivity contribution >= 4 is 6.21 Å². The lowest BCUT2D eigenvalue weighted by atomic mass is 10.5. The lowest BCUT2D eigenvalue weighted by Crippen LogP contribution is -1.97. The number of hydrogen-bond donors (Lipinski definition) is 0. The van der Waals surface area contributed by atoms with Crippen LogP contribution in [0.15, 0.2) is 5.16 Å². The summed E-state index contributed by atoms with van der Waals surface area (Å²) in [5.41, 5.74) is 0. The maximum absolute atomic E-state index is 9.98. The summed E-state index contributed by atoms with van der Waals surface area (Å²) in [5, 5.41) is 13.2. The Bertz CT molecular complexity index is 63.2. The lowest BCUT2D eigenvalue weighted by Gasteiger charge is -1.89. The van der Waals surface area contributed by atoms with Crippen LogP contribution in [-0.2, 0) is 9.94 Å². The molecule has 0 N–H and O–H groups in total. The van der Waals surface area contributed by atoms with E-state index in [2.05, 4.69) is 9.99 Å². The Kier molecular flexibility index (Phi) is 0.759. The van der Waals surface area contributed by atoms with E-state index in [0.717, 1.165) is 0 Å². The number of oxime groups is 1. The second kappa shape index (κ2) is 1.26. The highest BCUT2D eigenvalue weighted by Crippen LogP contribution is 1.98. The molecule has 0 spiro atoms. The van der Waals surface area contributed by atoms with Crippen molar-refractivity contribution in [1.29, 1.82) is 0 Å².